The molecule has 2 aromatic heterocycles. The van der Waals surface area contributed by atoms with Gasteiger partial charge in [-0.15, -0.1) is 0 Å². The number of aromatic nitrogens is 2. The first kappa shape index (κ1) is 11.5. The molecular weight excluding hydrogens is 226 g/mol. The Morgan fingerprint density at radius 1 is 1.33 bits per heavy atom. The largest absolute Gasteiger partial charge is 0.342 e. The molecule has 1 fully saturated rings. The molecule has 0 bridgehead atoms. The summed E-state index contributed by atoms with van der Waals surface area (Å²) in [5.41, 5.74) is 1.10. The summed E-state index contributed by atoms with van der Waals surface area (Å²) in [6, 6.07) is 3.98. The highest BCUT2D eigenvalue weighted by Gasteiger charge is 2.27. The average Bonchev–Trinajstić information content (AvgIpc) is 2.74. The van der Waals surface area contributed by atoms with Crippen molar-refractivity contribution in [2.75, 3.05) is 13.1 Å². The van der Waals surface area contributed by atoms with Gasteiger partial charge in [0.1, 0.15) is 5.52 Å². The van der Waals surface area contributed by atoms with Gasteiger partial charge in [-0.3, -0.25) is 4.79 Å². The third-order valence-corrected chi connectivity index (χ3v) is 4.05. The van der Waals surface area contributed by atoms with Gasteiger partial charge >= 0.3 is 0 Å². The number of fused-ring (bicyclic) bond motifs is 1. The van der Waals surface area contributed by atoms with Gasteiger partial charge in [0.05, 0.1) is 0 Å². The molecule has 1 aliphatic rings. The minimum atomic E-state index is 0.00929. The highest BCUT2D eigenvalue weighted by Crippen LogP contribution is 2.30. The van der Waals surface area contributed by atoms with Crippen LogP contribution in [0.25, 0.3) is 10.9 Å². The van der Waals surface area contributed by atoms with Gasteiger partial charge < -0.3 is 14.9 Å². The molecule has 18 heavy (non-hydrogen) atoms. The van der Waals surface area contributed by atoms with Crippen molar-refractivity contribution < 1.29 is 0 Å². The van der Waals surface area contributed by atoms with E-state index in [1.54, 1.807) is 6.20 Å². The fourth-order valence-corrected chi connectivity index (χ4v) is 2.89. The van der Waals surface area contributed by atoms with Gasteiger partial charge in [0.2, 0.25) is 0 Å². The molecule has 0 atom stereocenters. The quantitative estimate of drug-likeness (QED) is 0.846. The van der Waals surface area contributed by atoms with Crippen LogP contribution in [0.2, 0.25) is 0 Å². The van der Waals surface area contributed by atoms with Gasteiger partial charge in [-0.1, -0.05) is 6.92 Å². The molecule has 3 heterocycles. The van der Waals surface area contributed by atoms with E-state index in [9.17, 15) is 4.79 Å². The molecule has 0 aliphatic carbocycles. The first-order chi connectivity index (χ1) is 8.68. The smallest absolute Gasteiger partial charge is 0.272 e. The number of pyridine rings is 1. The topological polar surface area (TPSA) is 49.8 Å². The van der Waals surface area contributed by atoms with E-state index in [4.69, 9.17) is 0 Å². The summed E-state index contributed by atoms with van der Waals surface area (Å²) in [6.07, 6.45) is 6.07. The highest BCUT2D eigenvalue weighted by molar-refractivity contribution is 5.78. The van der Waals surface area contributed by atoms with Gasteiger partial charge in [-0.25, -0.2) is 0 Å². The second kappa shape index (κ2) is 4.28. The van der Waals surface area contributed by atoms with E-state index < -0.39 is 0 Å². The van der Waals surface area contributed by atoms with Gasteiger partial charge in [0.15, 0.2) is 0 Å². The molecule has 96 valence electrons. The van der Waals surface area contributed by atoms with Gasteiger partial charge in [0, 0.05) is 24.3 Å². The summed E-state index contributed by atoms with van der Waals surface area (Å²) in [6.45, 7) is 5.39. The molecule has 0 saturated carbocycles. The lowest BCUT2D eigenvalue weighted by Gasteiger charge is -2.34. The van der Waals surface area contributed by atoms with Crippen LogP contribution in [0.1, 0.15) is 19.8 Å². The van der Waals surface area contributed by atoms with Crippen molar-refractivity contribution in [2.24, 2.45) is 5.41 Å². The Morgan fingerprint density at radius 2 is 2.11 bits per heavy atom. The van der Waals surface area contributed by atoms with Crippen molar-refractivity contribution in [3.8, 4) is 0 Å². The van der Waals surface area contributed by atoms with E-state index in [1.807, 2.05) is 18.3 Å². The number of H-pyrrole nitrogens is 1. The van der Waals surface area contributed by atoms with E-state index in [0.717, 1.165) is 43.4 Å². The third-order valence-electron chi connectivity index (χ3n) is 4.05. The number of rotatable bonds is 2. The molecule has 3 rings (SSSR count). The van der Waals surface area contributed by atoms with E-state index in [0.29, 0.717) is 5.41 Å². The lowest BCUT2D eigenvalue weighted by Crippen LogP contribution is -2.37. The van der Waals surface area contributed by atoms with Crippen molar-refractivity contribution in [2.45, 2.75) is 26.3 Å². The van der Waals surface area contributed by atoms with Crippen LogP contribution in [-0.4, -0.2) is 22.6 Å². The Hall–Kier alpha value is -1.55. The molecule has 0 aromatic carbocycles. The summed E-state index contributed by atoms with van der Waals surface area (Å²) in [5, 5.41) is 4.42. The van der Waals surface area contributed by atoms with E-state index in [1.165, 1.54) is 0 Å². The van der Waals surface area contributed by atoms with Crippen molar-refractivity contribution >= 4 is 10.9 Å². The van der Waals surface area contributed by atoms with Crippen molar-refractivity contribution in [3.05, 3.63) is 34.9 Å². The number of nitrogens with zero attached hydrogens (tertiary/aromatic N) is 1. The zero-order valence-corrected chi connectivity index (χ0v) is 10.7. The van der Waals surface area contributed by atoms with Crippen LogP contribution in [0.4, 0.5) is 0 Å². The molecule has 0 spiro atoms. The number of nitrogens with one attached hydrogen (secondary N) is 2. The Morgan fingerprint density at radius 3 is 2.89 bits per heavy atom. The molecule has 4 heteroatoms. The first-order valence-electron chi connectivity index (χ1n) is 6.55. The average molecular weight is 245 g/mol. The van der Waals surface area contributed by atoms with Gasteiger partial charge in [-0.05, 0) is 43.5 Å². The Balaban J connectivity index is 1.97. The molecule has 1 aliphatic heterocycles. The predicted octanol–water partition coefficient (Wildman–Crippen LogP) is 1.72. The lowest BCUT2D eigenvalue weighted by atomic mass is 9.81. The minimum Gasteiger partial charge on any atom is -0.342 e. The van der Waals surface area contributed by atoms with Crippen LogP contribution in [-0.2, 0) is 6.54 Å². The maximum Gasteiger partial charge on any atom is 0.272 e. The predicted molar refractivity (Wildman–Crippen MR) is 72.8 cm³/mol. The number of hydrogen-bond acceptors (Lipinski definition) is 2. The lowest BCUT2D eigenvalue weighted by molar-refractivity contribution is 0.197. The van der Waals surface area contributed by atoms with Crippen LogP contribution >= 0.6 is 0 Å². The molecule has 2 aromatic rings. The summed E-state index contributed by atoms with van der Waals surface area (Å²) < 4.78 is 2.11. The zero-order chi connectivity index (χ0) is 12.6. The summed E-state index contributed by atoms with van der Waals surface area (Å²) in [5.74, 6) is 0. The van der Waals surface area contributed by atoms with E-state index in [2.05, 4.69) is 21.8 Å². The Bertz CT molecular complexity index is 605. The Labute approximate surface area is 106 Å². The highest BCUT2D eigenvalue weighted by atomic mass is 16.1. The fourth-order valence-electron chi connectivity index (χ4n) is 2.89. The fraction of sp³-hybridized carbons (Fsp3) is 0.500. The maximum atomic E-state index is 11.9. The second-order valence-electron chi connectivity index (χ2n) is 5.62. The number of aromatic amines is 1. The minimum absolute atomic E-state index is 0.00929. The molecule has 1 saturated heterocycles. The van der Waals surface area contributed by atoms with Crippen LogP contribution in [0.3, 0.4) is 0 Å². The zero-order valence-electron chi connectivity index (χ0n) is 10.7. The summed E-state index contributed by atoms with van der Waals surface area (Å²) in [7, 11) is 0. The number of piperidine rings is 1. The normalized spacial score (nSPS) is 19.2. The SMILES string of the molecule is CC1(Cn2ccc3cc[nH]c(=O)c32)CCNCC1. The molecule has 0 unspecified atom stereocenters. The molecule has 0 radical (unpaired) electrons. The van der Waals surface area contributed by atoms with Crippen molar-refractivity contribution in [3.63, 3.8) is 0 Å². The standard InChI is InChI=1S/C14H19N3O/c1-14(4-7-15-8-5-14)10-17-9-3-11-2-6-16-13(18)12(11)17/h2-3,6,9,15H,4-5,7-8,10H2,1H3,(H,16,18). The molecular formula is C14H19N3O. The van der Waals surface area contributed by atoms with Crippen molar-refractivity contribution in [1.29, 1.82) is 0 Å². The monoisotopic (exact) mass is 245 g/mol. The molecule has 2 N–H and O–H groups in total. The third kappa shape index (κ3) is 1.97. The van der Waals surface area contributed by atoms with Crippen LogP contribution in [0.15, 0.2) is 29.3 Å². The second-order valence-corrected chi connectivity index (χ2v) is 5.62. The Kier molecular flexibility index (Phi) is 2.74. The van der Waals surface area contributed by atoms with Crippen LogP contribution < -0.4 is 10.9 Å². The van der Waals surface area contributed by atoms with E-state index >= 15 is 0 Å². The first-order valence-corrected chi connectivity index (χ1v) is 6.55. The van der Waals surface area contributed by atoms with Gasteiger partial charge in [0.25, 0.3) is 5.56 Å². The number of hydrogen-bond donors (Lipinski definition) is 2. The van der Waals surface area contributed by atoms with Gasteiger partial charge in [-0.2, -0.15) is 0 Å². The van der Waals surface area contributed by atoms with E-state index in [-0.39, 0.29) is 5.56 Å². The van der Waals surface area contributed by atoms with Crippen LogP contribution in [0.5, 0.6) is 0 Å². The van der Waals surface area contributed by atoms with Crippen molar-refractivity contribution in [1.82, 2.24) is 14.9 Å². The maximum absolute atomic E-state index is 11.9. The van der Waals surface area contributed by atoms with Crippen LogP contribution in [0, 0.1) is 5.41 Å². The molecule has 0 amide bonds. The summed E-state index contributed by atoms with van der Waals surface area (Å²) in [4.78, 5) is 14.7. The molecule has 4 nitrogen and oxygen atoms in total. The summed E-state index contributed by atoms with van der Waals surface area (Å²) >= 11 is 0.